The maximum atomic E-state index is 12.4. The van der Waals surface area contributed by atoms with Gasteiger partial charge in [0.05, 0.1) is 11.3 Å². The van der Waals surface area contributed by atoms with Crippen LogP contribution in [0.3, 0.4) is 0 Å². The third-order valence-electron chi connectivity index (χ3n) is 2.53. The number of carbonyl (C=O) groups excluding carboxylic acids is 1. The van der Waals surface area contributed by atoms with Gasteiger partial charge in [-0.25, -0.2) is 0 Å². The Labute approximate surface area is 109 Å². The van der Waals surface area contributed by atoms with E-state index >= 15 is 0 Å². The zero-order valence-corrected chi connectivity index (χ0v) is 10.9. The molecule has 0 fully saturated rings. The van der Waals surface area contributed by atoms with Gasteiger partial charge in [0.25, 0.3) is 5.91 Å². The molecule has 1 amide bonds. The molecule has 1 heterocycles. The third kappa shape index (κ3) is 4.23. The summed E-state index contributed by atoms with van der Waals surface area (Å²) in [7, 11) is 1.62. The van der Waals surface area contributed by atoms with Gasteiger partial charge in [-0.1, -0.05) is 6.92 Å². The summed E-state index contributed by atoms with van der Waals surface area (Å²) in [5.41, 5.74) is 5.94. The SMILES string of the molecule is CCc1nn(C)cc1C(=O)N(CCN)CC(F)(F)F. The van der Waals surface area contributed by atoms with E-state index < -0.39 is 18.6 Å². The summed E-state index contributed by atoms with van der Waals surface area (Å²) in [6.07, 6.45) is -2.54. The highest BCUT2D eigenvalue weighted by Gasteiger charge is 2.33. The van der Waals surface area contributed by atoms with Crippen molar-refractivity contribution in [2.24, 2.45) is 12.8 Å². The number of halogens is 3. The Morgan fingerprint density at radius 2 is 2.16 bits per heavy atom. The molecule has 0 aromatic carbocycles. The highest BCUT2D eigenvalue weighted by molar-refractivity contribution is 5.95. The topological polar surface area (TPSA) is 64.2 Å². The van der Waals surface area contributed by atoms with E-state index in [1.54, 1.807) is 14.0 Å². The molecule has 1 aromatic rings. The van der Waals surface area contributed by atoms with Crippen LogP contribution in [0.4, 0.5) is 13.2 Å². The van der Waals surface area contributed by atoms with Gasteiger partial charge in [-0.2, -0.15) is 18.3 Å². The molecular weight excluding hydrogens is 261 g/mol. The van der Waals surface area contributed by atoms with E-state index in [0.717, 1.165) is 0 Å². The normalized spacial score (nSPS) is 11.7. The zero-order chi connectivity index (χ0) is 14.6. The first-order valence-electron chi connectivity index (χ1n) is 5.87. The van der Waals surface area contributed by atoms with Crippen molar-refractivity contribution in [3.63, 3.8) is 0 Å². The van der Waals surface area contributed by atoms with Gasteiger partial charge in [0.2, 0.25) is 0 Å². The summed E-state index contributed by atoms with van der Waals surface area (Å²) in [6.45, 7) is 0.317. The molecule has 1 aromatic heterocycles. The molecular formula is C11H17F3N4O. The van der Waals surface area contributed by atoms with Gasteiger partial charge in [-0.15, -0.1) is 0 Å². The number of alkyl halides is 3. The quantitative estimate of drug-likeness (QED) is 0.872. The lowest BCUT2D eigenvalue weighted by atomic mass is 10.2. The van der Waals surface area contributed by atoms with Gasteiger partial charge in [-0.3, -0.25) is 9.48 Å². The molecule has 0 atom stereocenters. The first-order valence-corrected chi connectivity index (χ1v) is 5.87. The summed E-state index contributed by atoms with van der Waals surface area (Å²) in [5, 5.41) is 4.05. The van der Waals surface area contributed by atoms with Crippen LogP contribution in [0.5, 0.6) is 0 Å². The Morgan fingerprint density at radius 3 is 2.63 bits per heavy atom. The van der Waals surface area contributed by atoms with Gasteiger partial charge >= 0.3 is 6.18 Å². The van der Waals surface area contributed by atoms with Crippen LogP contribution in [0.25, 0.3) is 0 Å². The van der Waals surface area contributed by atoms with Gasteiger partial charge in [0.1, 0.15) is 6.54 Å². The molecule has 0 aliphatic rings. The molecule has 0 spiro atoms. The summed E-state index contributed by atoms with van der Waals surface area (Å²) in [6, 6.07) is 0. The van der Waals surface area contributed by atoms with Crippen LogP contribution in [-0.4, -0.2) is 46.4 Å². The summed E-state index contributed by atoms with van der Waals surface area (Å²) in [5.74, 6) is -0.687. The number of amides is 1. The van der Waals surface area contributed by atoms with Crippen molar-refractivity contribution in [3.8, 4) is 0 Å². The monoisotopic (exact) mass is 278 g/mol. The molecule has 0 aliphatic carbocycles. The van der Waals surface area contributed by atoms with E-state index in [1.807, 2.05) is 0 Å². The molecule has 8 heteroatoms. The second kappa shape index (κ2) is 6.05. The lowest BCUT2D eigenvalue weighted by Crippen LogP contribution is -2.42. The molecule has 0 saturated heterocycles. The molecule has 0 saturated carbocycles. The van der Waals surface area contributed by atoms with Crippen molar-refractivity contribution in [1.29, 1.82) is 0 Å². The number of hydrogen-bond acceptors (Lipinski definition) is 3. The molecule has 0 aliphatic heterocycles. The van der Waals surface area contributed by atoms with E-state index in [-0.39, 0.29) is 18.7 Å². The minimum atomic E-state index is -4.45. The minimum absolute atomic E-state index is 0.0243. The third-order valence-corrected chi connectivity index (χ3v) is 2.53. The first-order chi connectivity index (χ1) is 8.78. The predicted molar refractivity (Wildman–Crippen MR) is 63.6 cm³/mol. The van der Waals surface area contributed by atoms with Gasteiger partial charge in [0, 0.05) is 26.3 Å². The fraction of sp³-hybridized carbons (Fsp3) is 0.636. The molecule has 0 bridgehead atoms. The molecule has 0 unspecified atom stereocenters. The zero-order valence-electron chi connectivity index (χ0n) is 10.9. The van der Waals surface area contributed by atoms with Gasteiger partial charge in [-0.05, 0) is 6.42 Å². The average Bonchev–Trinajstić information content (AvgIpc) is 2.67. The second-order valence-corrected chi connectivity index (χ2v) is 4.15. The summed E-state index contributed by atoms with van der Waals surface area (Å²) >= 11 is 0. The number of hydrogen-bond donors (Lipinski definition) is 1. The van der Waals surface area contributed by atoms with Crippen molar-refractivity contribution in [2.75, 3.05) is 19.6 Å². The van der Waals surface area contributed by atoms with Crippen molar-refractivity contribution in [3.05, 3.63) is 17.5 Å². The van der Waals surface area contributed by atoms with E-state index in [4.69, 9.17) is 5.73 Å². The van der Waals surface area contributed by atoms with E-state index in [2.05, 4.69) is 5.10 Å². The number of nitrogens with zero attached hydrogens (tertiary/aromatic N) is 3. The van der Waals surface area contributed by atoms with Crippen LogP contribution in [0.1, 0.15) is 23.0 Å². The standard InChI is InChI=1S/C11H17F3N4O/c1-3-9-8(6-17(2)16-9)10(19)18(5-4-15)7-11(12,13)14/h6H,3-5,7,15H2,1-2H3. The van der Waals surface area contributed by atoms with Gasteiger partial charge in [0.15, 0.2) is 0 Å². The van der Waals surface area contributed by atoms with Crippen molar-refractivity contribution in [2.45, 2.75) is 19.5 Å². The number of aryl methyl sites for hydroxylation is 2. The van der Waals surface area contributed by atoms with Crippen LogP contribution < -0.4 is 5.73 Å². The lowest BCUT2D eigenvalue weighted by molar-refractivity contribution is -0.140. The summed E-state index contributed by atoms with van der Waals surface area (Å²) in [4.78, 5) is 12.8. The van der Waals surface area contributed by atoms with Crippen LogP contribution in [0, 0.1) is 0 Å². The second-order valence-electron chi connectivity index (χ2n) is 4.15. The number of nitrogens with two attached hydrogens (primary N) is 1. The highest BCUT2D eigenvalue weighted by atomic mass is 19.4. The van der Waals surface area contributed by atoms with Crippen LogP contribution in [-0.2, 0) is 13.5 Å². The lowest BCUT2D eigenvalue weighted by Gasteiger charge is -2.23. The Balaban J connectivity index is 2.98. The van der Waals surface area contributed by atoms with Crippen molar-refractivity contribution >= 4 is 5.91 Å². The number of carbonyl (C=O) groups is 1. The highest BCUT2D eigenvalue weighted by Crippen LogP contribution is 2.19. The minimum Gasteiger partial charge on any atom is -0.329 e. The number of rotatable bonds is 5. The predicted octanol–water partition coefficient (Wildman–Crippen LogP) is 0.946. The fourth-order valence-corrected chi connectivity index (χ4v) is 1.77. The van der Waals surface area contributed by atoms with Gasteiger partial charge < -0.3 is 10.6 Å². The largest absolute Gasteiger partial charge is 0.406 e. The smallest absolute Gasteiger partial charge is 0.329 e. The molecule has 108 valence electrons. The maximum Gasteiger partial charge on any atom is 0.406 e. The molecule has 1 rings (SSSR count). The number of aromatic nitrogens is 2. The maximum absolute atomic E-state index is 12.4. The van der Waals surface area contributed by atoms with Crippen LogP contribution >= 0.6 is 0 Å². The Morgan fingerprint density at radius 1 is 1.53 bits per heavy atom. The molecule has 2 N–H and O–H groups in total. The van der Waals surface area contributed by atoms with Crippen molar-refractivity contribution < 1.29 is 18.0 Å². The Bertz CT molecular complexity index is 442. The fourth-order valence-electron chi connectivity index (χ4n) is 1.77. The molecule has 0 radical (unpaired) electrons. The van der Waals surface area contributed by atoms with E-state index in [0.29, 0.717) is 17.0 Å². The first kappa shape index (κ1) is 15.5. The average molecular weight is 278 g/mol. The Hall–Kier alpha value is -1.57. The van der Waals surface area contributed by atoms with E-state index in [1.165, 1.54) is 10.9 Å². The molecule has 5 nitrogen and oxygen atoms in total. The van der Waals surface area contributed by atoms with Crippen molar-refractivity contribution in [1.82, 2.24) is 14.7 Å². The van der Waals surface area contributed by atoms with Crippen LogP contribution in [0.15, 0.2) is 6.20 Å². The van der Waals surface area contributed by atoms with Crippen LogP contribution in [0.2, 0.25) is 0 Å². The molecule has 19 heavy (non-hydrogen) atoms. The summed E-state index contributed by atoms with van der Waals surface area (Å²) < 4.78 is 38.7. The Kier molecular flexibility index (Phi) is 4.93. The van der Waals surface area contributed by atoms with E-state index in [9.17, 15) is 18.0 Å².